The zero-order valence-corrected chi connectivity index (χ0v) is 18.7. The fraction of sp³-hybridized carbons (Fsp3) is 0.440. The molecule has 0 atom stereocenters. The second kappa shape index (κ2) is 9.69. The van der Waals surface area contributed by atoms with Gasteiger partial charge in [-0.1, -0.05) is 13.8 Å². The SMILES string of the molecule is CCC(CC)c1cc2c(N[C@H]3CC[C@H](N)CC3)c(C(=O)Nc3ccc(F)cc3)cnc2[nH]1. The normalized spacial score (nSPS) is 18.8. The molecule has 1 amide bonds. The molecule has 1 saturated carbocycles. The van der Waals surface area contributed by atoms with E-state index in [1.165, 1.54) is 12.1 Å². The van der Waals surface area contributed by atoms with Crippen LogP contribution in [0.4, 0.5) is 15.8 Å². The monoisotopic (exact) mass is 437 g/mol. The molecule has 2 aromatic heterocycles. The number of anilines is 2. The van der Waals surface area contributed by atoms with Gasteiger partial charge < -0.3 is 21.4 Å². The topological polar surface area (TPSA) is 95.8 Å². The third-order valence-electron chi connectivity index (χ3n) is 6.57. The van der Waals surface area contributed by atoms with Crippen molar-refractivity contribution in [1.82, 2.24) is 9.97 Å². The Balaban J connectivity index is 1.71. The van der Waals surface area contributed by atoms with Gasteiger partial charge in [-0.3, -0.25) is 4.79 Å². The molecule has 4 rings (SSSR count). The van der Waals surface area contributed by atoms with E-state index in [0.29, 0.717) is 17.2 Å². The van der Waals surface area contributed by atoms with Crippen LogP contribution in [0.3, 0.4) is 0 Å². The van der Waals surface area contributed by atoms with Gasteiger partial charge in [0.15, 0.2) is 0 Å². The van der Waals surface area contributed by atoms with E-state index in [4.69, 9.17) is 5.73 Å². The minimum absolute atomic E-state index is 0.250. The number of rotatable bonds is 7. The number of H-pyrrole nitrogens is 1. The molecular formula is C25H32FN5O. The standard InChI is InChI=1S/C25H32FN5O/c1-3-15(4-2)22-13-20-23(29-18-11-7-17(27)8-12-18)21(14-28-24(20)31-22)25(32)30-19-9-5-16(26)6-10-19/h5-6,9-10,13-15,17-18H,3-4,7-8,11-12,27H2,1-2H3,(H,30,32)(H2,28,29,31)/t17-,18-. The second-order valence-electron chi connectivity index (χ2n) is 8.76. The number of halogens is 1. The summed E-state index contributed by atoms with van der Waals surface area (Å²) in [4.78, 5) is 21.2. The van der Waals surface area contributed by atoms with Gasteiger partial charge in [0.05, 0.1) is 11.3 Å². The van der Waals surface area contributed by atoms with Gasteiger partial charge in [0.25, 0.3) is 5.91 Å². The lowest BCUT2D eigenvalue weighted by Crippen LogP contribution is -2.33. The third kappa shape index (κ3) is 4.78. The molecule has 0 spiro atoms. The van der Waals surface area contributed by atoms with Crippen molar-refractivity contribution in [3.05, 3.63) is 53.6 Å². The molecule has 0 radical (unpaired) electrons. The fourth-order valence-corrected chi connectivity index (χ4v) is 4.57. The van der Waals surface area contributed by atoms with Gasteiger partial charge in [0.2, 0.25) is 0 Å². The molecule has 0 aliphatic heterocycles. The first-order valence-corrected chi connectivity index (χ1v) is 11.6. The molecule has 6 nitrogen and oxygen atoms in total. The predicted octanol–water partition coefficient (Wildman–Crippen LogP) is 5.54. The summed E-state index contributed by atoms with van der Waals surface area (Å²) in [5, 5.41) is 7.44. The summed E-state index contributed by atoms with van der Waals surface area (Å²) in [5.74, 6) is -0.197. The Bertz CT molecular complexity index is 1070. The van der Waals surface area contributed by atoms with Gasteiger partial charge >= 0.3 is 0 Å². The lowest BCUT2D eigenvalue weighted by molar-refractivity contribution is 0.102. The van der Waals surface area contributed by atoms with Crippen molar-refractivity contribution in [1.29, 1.82) is 0 Å². The van der Waals surface area contributed by atoms with E-state index < -0.39 is 0 Å². The lowest BCUT2D eigenvalue weighted by atomic mass is 9.91. The summed E-state index contributed by atoms with van der Waals surface area (Å²) >= 11 is 0. The van der Waals surface area contributed by atoms with Crippen LogP contribution in [0.25, 0.3) is 11.0 Å². The summed E-state index contributed by atoms with van der Waals surface area (Å²) in [6, 6.07) is 8.40. The number of aromatic nitrogens is 2. The molecule has 32 heavy (non-hydrogen) atoms. The maximum atomic E-state index is 13.3. The molecule has 1 fully saturated rings. The van der Waals surface area contributed by atoms with E-state index in [9.17, 15) is 9.18 Å². The van der Waals surface area contributed by atoms with Crippen LogP contribution in [0, 0.1) is 5.82 Å². The van der Waals surface area contributed by atoms with Gasteiger partial charge in [-0.25, -0.2) is 9.37 Å². The van der Waals surface area contributed by atoms with Crippen molar-refractivity contribution in [3.63, 3.8) is 0 Å². The average Bonchev–Trinajstić information content (AvgIpc) is 3.22. The molecule has 2 heterocycles. The van der Waals surface area contributed by atoms with Gasteiger partial charge in [-0.2, -0.15) is 0 Å². The van der Waals surface area contributed by atoms with Crippen LogP contribution in [-0.2, 0) is 0 Å². The molecule has 5 N–H and O–H groups in total. The van der Waals surface area contributed by atoms with Crippen LogP contribution in [-0.4, -0.2) is 28.0 Å². The Morgan fingerprint density at radius 2 is 1.88 bits per heavy atom. The van der Waals surface area contributed by atoms with Crippen molar-refractivity contribution >= 4 is 28.3 Å². The maximum Gasteiger partial charge on any atom is 0.259 e. The molecular weight excluding hydrogens is 405 g/mol. The number of amides is 1. The smallest absolute Gasteiger partial charge is 0.259 e. The van der Waals surface area contributed by atoms with Crippen molar-refractivity contribution in [2.45, 2.75) is 70.4 Å². The van der Waals surface area contributed by atoms with Crippen LogP contribution < -0.4 is 16.4 Å². The minimum atomic E-state index is -0.342. The van der Waals surface area contributed by atoms with Crippen molar-refractivity contribution in [3.8, 4) is 0 Å². The zero-order chi connectivity index (χ0) is 22.7. The number of carbonyl (C=O) groups excluding carboxylic acids is 1. The molecule has 0 bridgehead atoms. The maximum absolute atomic E-state index is 13.3. The van der Waals surface area contributed by atoms with E-state index in [-0.39, 0.29) is 23.8 Å². The molecule has 1 aliphatic carbocycles. The fourth-order valence-electron chi connectivity index (χ4n) is 4.57. The number of benzene rings is 1. The number of fused-ring (bicyclic) bond motifs is 1. The molecule has 1 aromatic carbocycles. The first-order chi connectivity index (χ1) is 15.5. The summed E-state index contributed by atoms with van der Waals surface area (Å²) < 4.78 is 13.3. The third-order valence-corrected chi connectivity index (χ3v) is 6.57. The number of carbonyl (C=O) groups is 1. The van der Waals surface area contributed by atoms with Crippen LogP contribution in [0.1, 0.15) is 74.3 Å². The summed E-state index contributed by atoms with van der Waals surface area (Å²) in [7, 11) is 0. The van der Waals surface area contributed by atoms with E-state index >= 15 is 0 Å². The Morgan fingerprint density at radius 1 is 1.19 bits per heavy atom. The predicted molar refractivity (Wildman–Crippen MR) is 128 cm³/mol. The Morgan fingerprint density at radius 3 is 2.53 bits per heavy atom. The first-order valence-electron chi connectivity index (χ1n) is 11.6. The highest BCUT2D eigenvalue weighted by Gasteiger charge is 2.24. The number of hydrogen-bond acceptors (Lipinski definition) is 4. The largest absolute Gasteiger partial charge is 0.381 e. The van der Waals surface area contributed by atoms with E-state index in [2.05, 4.69) is 40.5 Å². The number of nitrogens with zero attached hydrogens (tertiary/aromatic N) is 1. The number of pyridine rings is 1. The molecule has 1 aliphatic rings. The number of aromatic amines is 1. The average molecular weight is 438 g/mol. The Hall–Kier alpha value is -2.93. The molecule has 7 heteroatoms. The van der Waals surface area contributed by atoms with Crippen molar-refractivity contribution < 1.29 is 9.18 Å². The summed E-state index contributed by atoms with van der Waals surface area (Å²) in [6.45, 7) is 4.36. The molecule has 0 unspecified atom stereocenters. The van der Waals surface area contributed by atoms with Gasteiger partial charge in [-0.05, 0) is 74.8 Å². The molecule has 3 aromatic rings. The first kappa shape index (κ1) is 22.3. The molecule has 0 saturated heterocycles. The van der Waals surface area contributed by atoms with Crippen LogP contribution in [0.15, 0.2) is 36.5 Å². The Labute approximate surface area is 188 Å². The summed E-state index contributed by atoms with van der Waals surface area (Å²) in [5.41, 5.74) is 9.82. The van der Waals surface area contributed by atoms with E-state index in [1.54, 1.807) is 18.3 Å². The highest BCUT2D eigenvalue weighted by atomic mass is 19.1. The van der Waals surface area contributed by atoms with Crippen LogP contribution in [0.2, 0.25) is 0 Å². The second-order valence-corrected chi connectivity index (χ2v) is 8.76. The van der Waals surface area contributed by atoms with Crippen molar-refractivity contribution in [2.24, 2.45) is 5.73 Å². The van der Waals surface area contributed by atoms with Gasteiger partial charge in [0, 0.05) is 35.0 Å². The van der Waals surface area contributed by atoms with E-state index in [0.717, 1.165) is 60.9 Å². The zero-order valence-electron chi connectivity index (χ0n) is 18.7. The van der Waals surface area contributed by atoms with Gasteiger partial charge in [-0.15, -0.1) is 0 Å². The number of hydrogen-bond donors (Lipinski definition) is 4. The number of nitrogens with one attached hydrogen (secondary N) is 3. The highest BCUT2D eigenvalue weighted by Crippen LogP contribution is 2.33. The van der Waals surface area contributed by atoms with Gasteiger partial charge in [0.1, 0.15) is 11.5 Å². The Kier molecular flexibility index (Phi) is 6.74. The highest BCUT2D eigenvalue weighted by molar-refractivity contribution is 6.12. The quantitative estimate of drug-likeness (QED) is 0.390. The van der Waals surface area contributed by atoms with Crippen molar-refractivity contribution in [2.75, 3.05) is 10.6 Å². The van der Waals surface area contributed by atoms with Crippen LogP contribution in [0.5, 0.6) is 0 Å². The van der Waals surface area contributed by atoms with E-state index in [1.807, 2.05) is 0 Å². The van der Waals surface area contributed by atoms with Crippen LogP contribution >= 0.6 is 0 Å². The summed E-state index contributed by atoms with van der Waals surface area (Å²) in [6.07, 6.45) is 7.55. The minimum Gasteiger partial charge on any atom is -0.381 e. The lowest BCUT2D eigenvalue weighted by Gasteiger charge is -2.28. The molecule has 170 valence electrons. The number of nitrogens with two attached hydrogens (primary N) is 1.